The molecule has 0 bridgehead atoms. The summed E-state index contributed by atoms with van der Waals surface area (Å²) in [6, 6.07) is 5.90. The van der Waals surface area contributed by atoms with Crippen molar-refractivity contribution in [2.45, 2.75) is 38.1 Å². The summed E-state index contributed by atoms with van der Waals surface area (Å²) in [6.07, 6.45) is 10.1. The van der Waals surface area contributed by atoms with E-state index in [1.165, 1.54) is 31.2 Å². The largest absolute Gasteiger partial charge is 0.330 e. The number of aromatic nitrogens is 2. The molecule has 1 heterocycles. The molecular weight excluding hydrogens is 272 g/mol. The van der Waals surface area contributed by atoms with Gasteiger partial charge in [-0.25, -0.2) is 4.98 Å². The summed E-state index contributed by atoms with van der Waals surface area (Å²) in [5.41, 5.74) is 1.87. The van der Waals surface area contributed by atoms with Gasteiger partial charge in [0.15, 0.2) is 5.78 Å². The normalized spacial score (nSPS) is 15.7. The van der Waals surface area contributed by atoms with Gasteiger partial charge in [-0.2, -0.15) is 0 Å². The second-order valence-electron chi connectivity index (χ2n) is 5.38. The van der Waals surface area contributed by atoms with Crippen molar-refractivity contribution in [3.05, 3.63) is 53.1 Å². The first kappa shape index (κ1) is 13.4. The van der Waals surface area contributed by atoms with Gasteiger partial charge in [0.05, 0.1) is 17.9 Å². The lowest BCUT2D eigenvalue weighted by Gasteiger charge is -2.12. The van der Waals surface area contributed by atoms with Crippen LogP contribution in [0.4, 0.5) is 0 Å². The van der Waals surface area contributed by atoms with E-state index in [0.29, 0.717) is 16.5 Å². The van der Waals surface area contributed by atoms with Gasteiger partial charge >= 0.3 is 0 Å². The summed E-state index contributed by atoms with van der Waals surface area (Å²) < 4.78 is 1.75. The predicted octanol–water partition coefficient (Wildman–Crippen LogP) is 4.08. The van der Waals surface area contributed by atoms with Crippen LogP contribution in [0.25, 0.3) is 0 Å². The van der Waals surface area contributed by atoms with Crippen molar-refractivity contribution in [1.29, 1.82) is 0 Å². The number of hydrogen-bond acceptors (Lipinski definition) is 2. The molecule has 1 aromatic carbocycles. The molecule has 20 heavy (non-hydrogen) atoms. The van der Waals surface area contributed by atoms with Crippen LogP contribution < -0.4 is 0 Å². The Labute approximate surface area is 123 Å². The van der Waals surface area contributed by atoms with Crippen LogP contribution in [0.2, 0.25) is 5.02 Å². The maximum atomic E-state index is 12.2. The smallest absolute Gasteiger partial charge is 0.184 e. The molecule has 0 saturated heterocycles. The van der Waals surface area contributed by atoms with E-state index in [1.54, 1.807) is 23.3 Å². The Balaban J connectivity index is 1.78. The number of Topliss-reactive ketones (excluding diaryl/α,β-unsaturated/α-hetero) is 1. The third kappa shape index (κ3) is 2.78. The van der Waals surface area contributed by atoms with E-state index in [0.717, 1.165) is 0 Å². The number of rotatable bonds is 4. The minimum atomic E-state index is 0.0194. The summed E-state index contributed by atoms with van der Waals surface area (Å²) in [5, 5.41) is 0.569. The minimum Gasteiger partial charge on any atom is -0.330 e. The molecule has 0 N–H and O–H groups in total. The van der Waals surface area contributed by atoms with Gasteiger partial charge in [-0.1, -0.05) is 30.5 Å². The number of benzene rings is 1. The lowest BCUT2D eigenvalue weighted by molar-refractivity contribution is 0.0972. The molecule has 2 aromatic rings. The number of ketones is 1. The van der Waals surface area contributed by atoms with Crippen molar-refractivity contribution in [2.24, 2.45) is 0 Å². The molecule has 1 fully saturated rings. The molecule has 4 heteroatoms. The quantitative estimate of drug-likeness (QED) is 0.795. The van der Waals surface area contributed by atoms with E-state index in [9.17, 15) is 4.79 Å². The molecule has 1 aliphatic carbocycles. The van der Waals surface area contributed by atoms with Crippen LogP contribution in [-0.2, 0) is 6.54 Å². The van der Waals surface area contributed by atoms with E-state index in [4.69, 9.17) is 11.6 Å². The van der Waals surface area contributed by atoms with Gasteiger partial charge in [-0.15, -0.1) is 0 Å². The summed E-state index contributed by atoms with van der Waals surface area (Å²) in [6.45, 7) is 0.280. The van der Waals surface area contributed by atoms with Crippen LogP contribution in [0.15, 0.2) is 36.9 Å². The Bertz CT molecular complexity index is 601. The Hall–Kier alpha value is -1.61. The maximum absolute atomic E-state index is 12.2. The molecule has 1 aromatic heterocycles. The van der Waals surface area contributed by atoms with Gasteiger partial charge in [0, 0.05) is 18.0 Å². The molecule has 3 nitrogen and oxygen atoms in total. The van der Waals surface area contributed by atoms with Crippen LogP contribution in [0.5, 0.6) is 0 Å². The highest BCUT2D eigenvalue weighted by Gasteiger charge is 2.19. The predicted molar refractivity (Wildman–Crippen MR) is 79.2 cm³/mol. The number of nitrogens with zero attached hydrogens (tertiary/aromatic N) is 2. The Morgan fingerprint density at radius 1 is 1.35 bits per heavy atom. The number of carbonyl (C=O) groups is 1. The topological polar surface area (TPSA) is 34.9 Å². The molecule has 0 unspecified atom stereocenters. The van der Waals surface area contributed by atoms with Gasteiger partial charge in [0.2, 0.25) is 0 Å². The molecule has 0 radical (unpaired) electrons. The summed E-state index contributed by atoms with van der Waals surface area (Å²) in [4.78, 5) is 16.2. The molecule has 0 spiro atoms. The second kappa shape index (κ2) is 5.80. The molecule has 0 aliphatic heterocycles. The average molecular weight is 289 g/mol. The zero-order valence-corrected chi connectivity index (χ0v) is 12.0. The van der Waals surface area contributed by atoms with Gasteiger partial charge in [0.1, 0.15) is 0 Å². The molecule has 1 saturated carbocycles. The van der Waals surface area contributed by atoms with Gasteiger partial charge < -0.3 is 4.57 Å². The fraction of sp³-hybridized carbons (Fsp3) is 0.375. The van der Waals surface area contributed by atoms with E-state index >= 15 is 0 Å². The fourth-order valence-electron chi connectivity index (χ4n) is 2.90. The van der Waals surface area contributed by atoms with Gasteiger partial charge in [-0.3, -0.25) is 4.79 Å². The second-order valence-corrected chi connectivity index (χ2v) is 5.79. The van der Waals surface area contributed by atoms with Crippen molar-refractivity contribution in [2.75, 3.05) is 0 Å². The zero-order chi connectivity index (χ0) is 13.9. The third-order valence-electron chi connectivity index (χ3n) is 4.01. The summed E-state index contributed by atoms with van der Waals surface area (Å²) >= 11 is 6.30. The van der Waals surface area contributed by atoms with Crippen LogP contribution in [0.1, 0.15) is 47.5 Å². The number of carbonyl (C=O) groups excluding carboxylic acids is 1. The van der Waals surface area contributed by atoms with Crippen molar-refractivity contribution in [3.8, 4) is 0 Å². The highest BCUT2D eigenvalue weighted by atomic mass is 35.5. The van der Waals surface area contributed by atoms with Crippen molar-refractivity contribution in [3.63, 3.8) is 0 Å². The first-order valence-corrected chi connectivity index (χ1v) is 7.40. The summed E-state index contributed by atoms with van der Waals surface area (Å²) in [7, 11) is 0. The minimum absolute atomic E-state index is 0.0194. The van der Waals surface area contributed by atoms with E-state index < -0.39 is 0 Å². The van der Waals surface area contributed by atoms with Gasteiger partial charge in [-0.05, 0) is 36.5 Å². The molecule has 1 aliphatic rings. The van der Waals surface area contributed by atoms with E-state index in [2.05, 4.69) is 11.1 Å². The Kier molecular flexibility index (Phi) is 3.88. The van der Waals surface area contributed by atoms with Crippen LogP contribution in [0.3, 0.4) is 0 Å². The molecule has 0 atom stereocenters. The van der Waals surface area contributed by atoms with Crippen LogP contribution in [0, 0.1) is 0 Å². The molecule has 0 amide bonds. The number of hydrogen-bond donors (Lipinski definition) is 0. The molecule has 104 valence electrons. The lowest BCUT2D eigenvalue weighted by Crippen LogP contribution is -2.09. The Morgan fingerprint density at radius 3 is 2.80 bits per heavy atom. The van der Waals surface area contributed by atoms with Crippen molar-refractivity contribution in [1.82, 2.24) is 9.55 Å². The highest BCUT2D eigenvalue weighted by Crippen LogP contribution is 2.35. The fourth-order valence-corrected chi connectivity index (χ4v) is 3.20. The van der Waals surface area contributed by atoms with Crippen LogP contribution in [-0.4, -0.2) is 15.3 Å². The SMILES string of the molecule is O=C(Cn1ccnc1)c1ccc(C2CCCC2)cc1Cl. The first-order valence-electron chi connectivity index (χ1n) is 7.02. The standard InChI is InChI=1S/C16H17ClN2O/c17-15-9-13(12-3-1-2-4-12)5-6-14(15)16(20)10-19-8-7-18-11-19/h5-9,11-12H,1-4,10H2. The van der Waals surface area contributed by atoms with Crippen LogP contribution >= 0.6 is 11.6 Å². The van der Waals surface area contributed by atoms with Gasteiger partial charge in [0.25, 0.3) is 0 Å². The van der Waals surface area contributed by atoms with E-state index in [1.807, 2.05) is 12.1 Å². The maximum Gasteiger partial charge on any atom is 0.184 e. The zero-order valence-electron chi connectivity index (χ0n) is 11.3. The number of imidazole rings is 1. The highest BCUT2D eigenvalue weighted by molar-refractivity contribution is 6.34. The van der Waals surface area contributed by atoms with E-state index in [-0.39, 0.29) is 12.3 Å². The third-order valence-corrected chi connectivity index (χ3v) is 4.32. The Morgan fingerprint density at radius 2 is 2.15 bits per heavy atom. The van der Waals surface area contributed by atoms with Crippen molar-refractivity contribution < 1.29 is 4.79 Å². The van der Waals surface area contributed by atoms with Crippen molar-refractivity contribution >= 4 is 17.4 Å². The monoisotopic (exact) mass is 288 g/mol. The lowest BCUT2D eigenvalue weighted by atomic mass is 9.96. The molecule has 3 rings (SSSR count). The average Bonchev–Trinajstić information content (AvgIpc) is 3.11. The number of halogens is 1. The molecular formula is C16H17ClN2O. The summed E-state index contributed by atoms with van der Waals surface area (Å²) in [5.74, 6) is 0.635. The first-order chi connectivity index (χ1) is 9.74.